The fourth-order valence-electron chi connectivity index (χ4n) is 2.22. The number of carbonyl (C=O) groups excluding carboxylic acids is 1. The highest BCUT2D eigenvalue weighted by Crippen LogP contribution is 2.38. The molecule has 1 N–H and O–H groups in total. The van der Waals surface area contributed by atoms with Gasteiger partial charge in [-0.1, -0.05) is 0 Å². The lowest BCUT2D eigenvalue weighted by molar-refractivity contribution is -0.152. The molecule has 0 heterocycles. The maximum atomic E-state index is 13.5. The molecule has 0 spiro atoms. The van der Waals surface area contributed by atoms with Crippen LogP contribution in [0.5, 0.6) is 5.75 Å². The van der Waals surface area contributed by atoms with Gasteiger partial charge in [-0.3, -0.25) is 4.79 Å². The molecule has 1 aromatic carbocycles. The first-order chi connectivity index (χ1) is 8.88. The van der Waals surface area contributed by atoms with Crippen molar-refractivity contribution in [3.05, 3.63) is 29.6 Å². The Balaban J connectivity index is 3.30. The number of ether oxygens (including phenoxy) is 2. The van der Waals surface area contributed by atoms with Crippen molar-refractivity contribution in [2.75, 3.05) is 21.3 Å². The first-order valence-electron chi connectivity index (χ1n) is 5.97. The molecular formula is C14H20FNO3. The quantitative estimate of drug-likeness (QED) is 0.833. The molecular weight excluding hydrogens is 249 g/mol. The van der Waals surface area contributed by atoms with Gasteiger partial charge in [0.1, 0.15) is 11.6 Å². The molecule has 0 aliphatic rings. The Labute approximate surface area is 112 Å². The van der Waals surface area contributed by atoms with Crippen molar-refractivity contribution in [3.63, 3.8) is 0 Å². The molecule has 0 radical (unpaired) electrons. The lowest BCUT2D eigenvalue weighted by Gasteiger charge is -2.32. The summed E-state index contributed by atoms with van der Waals surface area (Å²) in [5.41, 5.74) is -0.273. The highest BCUT2D eigenvalue weighted by atomic mass is 19.1. The van der Waals surface area contributed by atoms with Crippen LogP contribution in [0.2, 0.25) is 0 Å². The maximum absolute atomic E-state index is 13.5. The molecule has 0 aliphatic carbocycles. The van der Waals surface area contributed by atoms with Crippen LogP contribution in [-0.4, -0.2) is 27.2 Å². The van der Waals surface area contributed by atoms with E-state index in [9.17, 15) is 9.18 Å². The summed E-state index contributed by atoms with van der Waals surface area (Å²) >= 11 is 0. The van der Waals surface area contributed by atoms with Crippen LogP contribution in [0.1, 0.15) is 25.5 Å². The van der Waals surface area contributed by atoms with Crippen molar-refractivity contribution in [3.8, 4) is 5.75 Å². The average molecular weight is 269 g/mol. The molecule has 1 atom stereocenters. The van der Waals surface area contributed by atoms with Gasteiger partial charge in [-0.2, -0.15) is 0 Å². The lowest BCUT2D eigenvalue weighted by Crippen LogP contribution is -2.39. The molecule has 0 amide bonds. The zero-order valence-corrected chi connectivity index (χ0v) is 11.9. The van der Waals surface area contributed by atoms with Gasteiger partial charge < -0.3 is 14.8 Å². The minimum atomic E-state index is -0.857. The molecule has 1 rings (SSSR count). The average Bonchev–Trinajstić information content (AvgIpc) is 2.38. The van der Waals surface area contributed by atoms with Crippen LogP contribution in [0.25, 0.3) is 0 Å². The lowest BCUT2D eigenvalue weighted by atomic mass is 9.80. The number of nitrogens with one attached hydrogen (secondary N) is 1. The fourth-order valence-corrected chi connectivity index (χ4v) is 2.22. The van der Waals surface area contributed by atoms with Crippen molar-refractivity contribution in [2.24, 2.45) is 5.41 Å². The topological polar surface area (TPSA) is 47.6 Å². The molecule has 0 aromatic heterocycles. The first kappa shape index (κ1) is 15.4. The minimum absolute atomic E-state index is 0.377. The van der Waals surface area contributed by atoms with Gasteiger partial charge >= 0.3 is 5.97 Å². The molecule has 0 fully saturated rings. The van der Waals surface area contributed by atoms with Gasteiger partial charge in [-0.05, 0) is 39.1 Å². The number of esters is 1. The predicted octanol–water partition coefficient (Wildman–Crippen LogP) is 2.29. The van der Waals surface area contributed by atoms with E-state index < -0.39 is 11.5 Å². The van der Waals surface area contributed by atoms with Gasteiger partial charge in [0.25, 0.3) is 0 Å². The molecule has 1 aromatic rings. The van der Waals surface area contributed by atoms with E-state index in [-0.39, 0.29) is 11.8 Å². The van der Waals surface area contributed by atoms with E-state index in [2.05, 4.69) is 5.32 Å². The molecule has 19 heavy (non-hydrogen) atoms. The van der Waals surface area contributed by atoms with E-state index in [1.165, 1.54) is 26.4 Å². The summed E-state index contributed by atoms with van der Waals surface area (Å²) in [7, 11) is 4.55. The highest BCUT2D eigenvalue weighted by Gasteiger charge is 2.39. The SMILES string of the molecule is CNC(c1cc(F)ccc1OC)C(C)(C)C(=O)OC. The number of hydrogen-bond acceptors (Lipinski definition) is 4. The monoisotopic (exact) mass is 269 g/mol. The summed E-state index contributed by atoms with van der Waals surface area (Å²) in [5, 5.41) is 3.03. The molecule has 0 saturated heterocycles. The summed E-state index contributed by atoms with van der Waals surface area (Å²) in [6.45, 7) is 3.48. The van der Waals surface area contributed by atoms with E-state index in [1.807, 2.05) is 0 Å². The molecule has 1 unspecified atom stereocenters. The molecule has 0 bridgehead atoms. The second-order valence-electron chi connectivity index (χ2n) is 4.82. The van der Waals surface area contributed by atoms with Crippen LogP contribution in [-0.2, 0) is 9.53 Å². The summed E-state index contributed by atoms with van der Waals surface area (Å²) in [4.78, 5) is 11.9. The summed E-state index contributed by atoms with van der Waals surface area (Å²) < 4.78 is 23.5. The number of methoxy groups -OCH3 is 2. The van der Waals surface area contributed by atoms with Crippen molar-refractivity contribution in [2.45, 2.75) is 19.9 Å². The summed E-state index contributed by atoms with van der Waals surface area (Å²) in [5.74, 6) is -0.229. The van der Waals surface area contributed by atoms with Gasteiger partial charge in [0.05, 0.1) is 25.7 Å². The minimum Gasteiger partial charge on any atom is -0.496 e. The van der Waals surface area contributed by atoms with Gasteiger partial charge in [-0.25, -0.2) is 4.39 Å². The van der Waals surface area contributed by atoms with E-state index in [0.29, 0.717) is 11.3 Å². The van der Waals surface area contributed by atoms with Gasteiger partial charge in [0, 0.05) is 5.56 Å². The van der Waals surface area contributed by atoms with Gasteiger partial charge in [0.2, 0.25) is 0 Å². The molecule has 0 aliphatic heterocycles. The summed E-state index contributed by atoms with van der Waals surface area (Å²) in [6.07, 6.45) is 0. The van der Waals surface area contributed by atoms with Gasteiger partial charge in [-0.15, -0.1) is 0 Å². The second kappa shape index (κ2) is 6.02. The van der Waals surface area contributed by atoms with E-state index in [4.69, 9.17) is 9.47 Å². The normalized spacial score (nSPS) is 12.9. The number of halogens is 1. The van der Waals surface area contributed by atoms with Crippen LogP contribution in [0.15, 0.2) is 18.2 Å². The third-order valence-corrected chi connectivity index (χ3v) is 3.22. The number of hydrogen-bond donors (Lipinski definition) is 1. The van der Waals surface area contributed by atoms with Crippen LogP contribution in [0.4, 0.5) is 4.39 Å². The smallest absolute Gasteiger partial charge is 0.313 e. The second-order valence-corrected chi connectivity index (χ2v) is 4.82. The van der Waals surface area contributed by atoms with E-state index >= 15 is 0 Å². The standard InChI is InChI=1S/C14H20FNO3/c1-14(2,13(17)19-5)12(16-3)10-8-9(15)6-7-11(10)18-4/h6-8,12,16H,1-5H3. The number of benzene rings is 1. The van der Waals surface area contributed by atoms with E-state index in [1.54, 1.807) is 27.0 Å². The number of rotatable bonds is 5. The summed E-state index contributed by atoms with van der Waals surface area (Å²) in [6, 6.07) is 3.80. The Morgan fingerprint density at radius 3 is 2.47 bits per heavy atom. The van der Waals surface area contributed by atoms with Gasteiger partial charge in [0.15, 0.2) is 0 Å². The third-order valence-electron chi connectivity index (χ3n) is 3.22. The molecule has 106 valence electrons. The van der Waals surface area contributed by atoms with E-state index in [0.717, 1.165) is 0 Å². The van der Waals surface area contributed by atoms with Crippen LogP contribution >= 0.6 is 0 Å². The van der Waals surface area contributed by atoms with Crippen molar-refractivity contribution in [1.29, 1.82) is 0 Å². The Morgan fingerprint density at radius 1 is 1.37 bits per heavy atom. The van der Waals surface area contributed by atoms with Crippen molar-refractivity contribution >= 4 is 5.97 Å². The third kappa shape index (κ3) is 3.04. The molecule has 0 saturated carbocycles. The Morgan fingerprint density at radius 2 is 2.00 bits per heavy atom. The molecule has 5 heteroatoms. The Kier molecular flexibility index (Phi) is 4.89. The Hall–Kier alpha value is -1.62. The predicted molar refractivity (Wildman–Crippen MR) is 70.5 cm³/mol. The maximum Gasteiger partial charge on any atom is 0.313 e. The highest BCUT2D eigenvalue weighted by molar-refractivity contribution is 5.77. The molecule has 4 nitrogen and oxygen atoms in total. The van der Waals surface area contributed by atoms with Crippen molar-refractivity contribution < 1.29 is 18.7 Å². The fraction of sp³-hybridized carbons (Fsp3) is 0.500. The van der Waals surface area contributed by atoms with Crippen LogP contribution in [0, 0.1) is 11.2 Å². The van der Waals surface area contributed by atoms with Crippen molar-refractivity contribution in [1.82, 2.24) is 5.32 Å². The zero-order valence-electron chi connectivity index (χ0n) is 11.9. The first-order valence-corrected chi connectivity index (χ1v) is 5.97. The van der Waals surface area contributed by atoms with Crippen LogP contribution < -0.4 is 10.1 Å². The Bertz CT molecular complexity index is 460. The number of carbonyl (C=O) groups is 1. The largest absolute Gasteiger partial charge is 0.496 e. The zero-order chi connectivity index (χ0) is 14.6. The van der Waals surface area contributed by atoms with Crippen LogP contribution in [0.3, 0.4) is 0 Å².